The van der Waals surface area contributed by atoms with Crippen molar-refractivity contribution in [1.29, 1.82) is 0 Å². The third-order valence-corrected chi connectivity index (χ3v) is 4.86. The molecule has 3 rings (SSSR count). The summed E-state index contributed by atoms with van der Waals surface area (Å²) in [5.41, 5.74) is 0.359. The fourth-order valence-electron chi connectivity index (χ4n) is 2.54. The van der Waals surface area contributed by atoms with E-state index < -0.39 is 0 Å². The van der Waals surface area contributed by atoms with Gasteiger partial charge in [-0.25, -0.2) is 9.37 Å². The Labute approximate surface area is 147 Å². The van der Waals surface area contributed by atoms with Crippen LogP contribution in [-0.2, 0) is 9.59 Å². The number of halogens is 1. The van der Waals surface area contributed by atoms with Gasteiger partial charge in [0.05, 0.1) is 6.20 Å². The van der Waals surface area contributed by atoms with E-state index in [1.807, 2.05) is 0 Å². The standard InChI is InChI=1S/C17H16FN3O3S/c18-12-5-2-1-4-11(12)17-20-10-13(25-17)16(24)19-8-3-9-21-14(22)6-7-15(21)23/h1-2,4-5,10H,3,6-9H2,(H,19,24). The molecule has 3 amide bonds. The van der Waals surface area contributed by atoms with Gasteiger partial charge in [-0.15, -0.1) is 11.3 Å². The summed E-state index contributed by atoms with van der Waals surface area (Å²) in [6.45, 7) is 0.643. The quantitative estimate of drug-likeness (QED) is 0.632. The van der Waals surface area contributed by atoms with Crippen LogP contribution in [0.3, 0.4) is 0 Å². The molecule has 1 aromatic carbocycles. The van der Waals surface area contributed by atoms with Crippen LogP contribution in [0.15, 0.2) is 30.5 Å². The lowest BCUT2D eigenvalue weighted by molar-refractivity contribution is -0.138. The number of hydrogen-bond acceptors (Lipinski definition) is 5. The number of likely N-dealkylation sites (tertiary alicyclic amines) is 1. The number of hydrogen-bond donors (Lipinski definition) is 1. The van der Waals surface area contributed by atoms with Crippen LogP contribution in [0.5, 0.6) is 0 Å². The molecule has 1 aliphatic heterocycles. The fourth-order valence-corrected chi connectivity index (χ4v) is 3.40. The molecule has 1 aliphatic rings. The molecule has 130 valence electrons. The molecule has 2 heterocycles. The van der Waals surface area contributed by atoms with Crippen molar-refractivity contribution in [3.63, 3.8) is 0 Å². The van der Waals surface area contributed by atoms with Gasteiger partial charge in [0, 0.05) is 31.5 Å². The van der Waals surface area contributed by atoms with Crippen LogP contribution in [0.1, 0.15) is 28.9 Å². The average molecular weight is 361 g/mol. The van der Waals surface area contributed by atoms with Crippen molar-refractivity contribution in [2.24, 2.45) is 0 Å². The Morgan fingerprint density at radius 3 is 2.68 bits per heavy atom. The van der Waals surface area contributed by atoms with Gasteiger partial charge in [-0.2, -0.15) is 0 Å². The molecule has 1 N–H and O–H groups in total. The zero-order valence-electron chi connectivity index (χ0n) is 13.3. The lowest BCUT2D eigenvalue weighted by Crippen LogP contribution is -2.33. The van der Waals surface area contributed by atoms with Gasteiger partial charge in [0.2, 0.25) is 11.8 Å². The maximum atomic E-state index is 13.8. The summed E-state index contributed by atoms with van der Waals surface area (Å²) in [7, 11) is 0. The fraction of sp³-hybridized carbons (Fsp3) is 0.294. The number of nitrogens with zero attached hydrogens (tertiary/aromatic N) is 2. The van der Waals surface area contributed by atoms with E-state index in [4.69, 9.17) is 0 Å². The number of imide groups is 1. The van der Waals surface area contributed by atoms with Gasteiger partial charge in [0.25, 0.3) is 5.91 Å². The van der Waals surface area contributed by atoms with E-state index in [-0.39, 0.29) is 36.4 Å². The van der Waals surface area contributed by atoms with E-state index in [0.717, 1.165) is 11.3 Å². The summed E-state index contributed by atoms with van der Waals surface area (Å²) < 4.78 is 13.8. The number of amides is 3. The summed E-state index contributed by atoms with van der Waals surface area (Å²) in [5, 5.41) is 3.16. The third-order valence-electron chi connectivity index (χ3n) is 3.83. The molecule has 0 spiro atoms. The normalized spacial score (nSPS) is 14.2. The van der Waals surface area contributed by atoms with Crippen LogP contribution < -0.4 is 5.32 Å². The molecule has 1 aromatic heterocycles. The van der Waals surface area contributed by atoms with Crippen molar-refractivity contribution in [2.45, 2.75) is 19.3 Å². The van der Waals surface area contributed by atoms with E-state index in [0.29, 0.717) is 35.0 Å². The Morgan fingerprint density at radius 1 is 1.24 bits per heavy atom. The van der Waals surface area contributed by atoms with Gasteiger partial charge in [0.1, 0.15) is 15.7 Å². The Morgan fingerprint density at radius 2 is 1.96 bits per heavy atom. The highest BCUT2D eigenvalue weighted by Crippen LogP contribution is 2.27. The van der Waals surface area contributed by atoms with Crippen molar-refractivity contribution in [3.8, 4) is 10.6 Å². The Balaban J connectivity index is 1.52. The zero-order valence-corrected chi connectivity index (χ0v) is 14.1. The van der Waals surface area contributed by atoms with Gasteiger partial charge >= 0.3 is 0 Å². The molecule has 0 aliphatic carbocycles. The maximum absolute atomic E-state index is 13.8. The zero-order chi connectivity index (χ0) is 17.8. The molecule has 0 atom stereocenters. The van der Waals surface area contributed by atoms with Gasteiger partial charge in [0.15, 0.2) is 0 Å². The molecular weight excluding hydrogens is 345 g/mol. The minimum absolute atomic E-state index is 0.159. The molecule has 2 aromatic rings. The second kappa shape index (κ2) is 7.52. The Bertz CT molecular complexity index is 805. The lowest BCUT2D eigenvalue weighted by atomic mass is 10.2. The predicted molar refractivity (Wildman–Crippen MR) is 90.4 cm³/mol. The number of rotatable bonds is 6. The van der Waals surface area contributed by atoms with Crippen LogP contribution in [0.25, 0.3) is 10.6 Å². The van der Waals surface area contributed by atoms with Crippen LogP contribution in [-0.4, -0.2) is 40.7 Å². The van der Waals surface area contributed by atoms with Crippen LogP contribution in [0.4, 0.5) is 4.39 Å². The van der Waals surface area contributed by atoms with Gasteiger partial charge < -0.3 is 5.32 Å². The number of nitrogens with one attached hydrogen (secondary N) is 1. The van der Waals surface area contributed by atoms with E-state index in [1.54, 1.807) is 18.2 Å². The molecule has 0 saturated carbocycles. The number of thiazole rings is 1. The second-order valence-electron chi connectivity index (χ2n) is 5.56. The average Bonchev–Trinajstić information content (AvgIpc) is 3.20. The van der Waals surface area contributed by atoms with E-state index >= 15 is 0 Å². The highest BCUT2D eigenvalue weighted by Gasteiger charge is 2.27. The SMILES string of the molecule is O=C(NCCCN1C(=O)CCC1=O)c1cnc(-c2ccccc2F)s1. The highest BCUT2D eigenvalue weighted by atomic mass is 32.1. The van der Waals surface area contributed by atoms with Gasteiger partial charge in [-0.05, 0) is 18.6 Å². The minimum Gasteiger partial charge on any atom is -0.351 e. The topological polar surface area (TPSA) is 79.4 Å². The molecule has 0 unspecified atom stereocenters. The molecule has 1 saturated heterocycles. The smallest absolute Gasteiger partial charge is 0.263 e. The van der Waals surface area contributed by atoms with Crippen LogP contribution in [0, 0.1) is 5.82 Å². The summed E-state index contributed by atoms with van der Waals surface area (Å²) >= 11 is 1.11. The molecular formula is C17H16FN3O3S. The summed E-state index contributed by atoms with van der Waals surface area (Å²) in [5.74, 6) is -1.01. The molecule has 0 bridgehead atoms. The molecule has 0 radical (unpaired) electrons. The first kappa shape index (κ1) is 17.2. The Hall–Kier alpha value is -2.61. The first-order valence-corrected chi connectivity index (χ1v) is 8.70. The van der Waals surface area contributed by atoms with Crippen LogP contribution >= 0.6 is 11.3 Å². The first-order chi connectivity index (χ1) is 12.1. The summed E-state index contributed by atoms with van der Waals surface area (Å²) in [4.78, 5) is 40.8. The van der Waals surface area contributed by atoms with Crippen LogP contribution in [0.2, 0.25) is 0 Å². The molecule has 8 heteroatoms. The lowest BCUT2D eigenvalue weighted by Gasteiger charge is -2.13. The van der Waals surface area contributed by atoms with Crippen molar-refractivity contribution in [2.75, 3.05) is 13.1 Å². The molecule has 6 nitrogen and oxygen atoms in total. The maximum Gasteiger partial charge on any atom is 0.263 e. The predicted octanol–water partition coefficient (Wildman–Crippen LogP) is 2.22. The van der Waals surface area contributed by atoms with Gasteiger partial charge in [-0.3, -0.25) is 19.3 Å². The summed E-state index contributed by atoms with van der Waals surface area (Å²) in [6, 6.07) is 6.26. The highest BCUT2D eigenvalue weighted by molar-refractivity contribution is 7.16. The summed E-state index contributed by atoms with van der Waals surface area (Å²) in [6.07, 6.45) is 2.44. The largest absolute Gasteiger partial charge is 0.351 e. The third kappa shape index (κ3) is 3.90. The number of aromatic nitrogens is 1. The van der Waals surface area contributed by atoms with E-state index in [1.165, 1.54) is 17.2 Å². The molecule has 25 heavy (non-hydrogen) atoms. The van der Waals surface area contributed by atoms with Crippen molar-refractivity contribution in [1.82, 2.24) is 15.2 Å². The minimum atomic E-state index is -0.385. The second-order valence-corrected chi connectivity index (χ2v) is 6.59. The van der Waals surface area contributed by atoms with Crippen molar-refractivity contribution < 1.29 is 18.8 Å². The molecule has 1 fully saturated rings. The van der Waals surface area contributed by atoms with Crippen molar-refractivity contribution >= 4 is 29.1 Å². The number of carbonyl (C=O) groups is 3. The number of benzene rings is 1. The van der Waals surface area contributed by atoms with E-state index in [2.05, 4.69) is 10.3 Å². The number of carbonyl (C=O) groups excluding carboxylic acids is 3. The van der Waals surface area contributed by atoms with Crippen molar-refractivity contribution in [3.05, 3.63) is 41.2 Å². The van der Waals surface area contributed by atoms with Gasteiger partial charge in [-0.1, -0.05) is 12.1 Å². The Kier molecular flexibility index (Phi) is 5.18. The first-order valence-electron chi connectivity index (χ1n) is 7.88. The monoisotopic (exact) mass is 361 g/mol. The van der Waals surface area contributed by atoms with E-state index in [9.17, 15) is 18.8 Å².